The van der Waals surface area contributed by atoms with Crippen LogP contribution < -0.4 is 0 Å². The van der Waals surface area contributed by atoms with Crippen LogP contribution >= 0.6 is 0 Å². The molecule has 0 spiro atoms. The molecule has 1 aliphatic rings. The predicted molar refractivity (Wildman–Crippen MR) is 86.7 cm³/mol. The van der Waals surface area contributed by atoms with Crippen molar-refractivity contribution in [2.24, 2.45) is 29.1 Å². The Labute approximate surface area is 134 Å². The average molecular weight is 312 g/mol. The van der Waals surface area contributed by atoms with Gasteiger partial charge in [0.15, 0.2) is 0 Å². The lowest BCUT2D eigenvalue weighted by atomic mass is 9.57. The molecule has 0 bridgehead atoms. The van der Waals surface area contributed by atoms with Gasteiger partial charge in [-0.1, -0.05) is 47.0 Å². The second kappa shape index (κ2) is 7.98. The van der Waals surface area contributed by atoms with Crippen LogP contribution in [0.15, 0.2) is 0 Å². The zero-order chi connectivity index (χ0) is 16.9. The number of hydrogen-bond acceptors (Lipinski definition) is 2. The molecule has 4 heteroatoms. The summed E-state index contributed by atoms with van der Waals surface area (Å²) in [5.74, 6) is -2.30. The summed E-state index contributed by atoms with van der Waals surface area (Å²) >= 11 is 0. The van der Waals surface area contributed by atoms with Gasteiger partial charge in [0.1, 0.15) is 0 Å². The summed E-state index contributed by atoms with van der Waals surface area (Å²) in [6.45, 7) is 7.93. The topological polar surface area (TPSA) is 74.6 Å². The monoisotopic (exact) mass is 312 g/mol. The molecule has 0 aromatic rings. The van der Waals surface area contributed by atoms with Crippen LogP contribution in [-0.2, 0) is 9.59 Å². The van der Waals surface area contributed by atoms with Gasteiger partial charge in [-0.15, -0.1) is 0 Å². The van der Waals surface area contributed by atoms with Crippen molar-refractivity contribution < 1.29 is 19.8 Å². The van der Waals surface area contributed by atoms with E-state index < -0.39 is 23.3 Å². The van der Waals surface area contributed by atoms with Crippen LogP contribution in [0.5, 0.6) is 0 Å². The first-order valence-corrected chi connectivity index (χ1v) is 8.68. The van der Waals surface area contributed by atoms with Gasteiger partial charge in [0, 0.05) is 0 Å². The van der Waals surface area contributed by atoms with Gasteiger partial charge in [0.05, 0.1) is 11.3 Å². The fraction of sp³-hybridized carbons (Fsp3) is 0.889. The number of aliphatic carboxylic acids is 2. The normalized spacial score (nSPS) is 20.8. The minimum Gasteiger partial charge on any atom is -0.481 e. The lowest BCUT2D eigenvalue weighted by molar-refractivity contribution is -0.172. The molecular formula is C18H32O4. The lowest BCUT2D eigenvalue weighted by Crippen LogP contribution is -2.50. The molecule has 1 rings (SSSR count). The van der Waals surface area contributed by atoms with Crippen molar-refractivity contribution in [2.75, 3.05) is 0 Å². The first kappa shape index (κ1) is 19.0. The van der Waals surface area contributed by atoms with Crippen molar-refractivity contribution in [2.45, 2.75) is 72.6 Å². The van der Waals surface area contributed by atoms with Crippen molar-refractivity contribution in [1.29, 1.82) is 0 Å². The molecule has 22 heavy (non-hydrogen) atoms. The van der Waals surface area contributed by atoms with Crippen molar-refractivity contribution in [3.63, 3.8) is 0 Å². The molecule has 0 aromatic heterocycles. The first-order chi connectivity index (χ1) is 10.2. The van der Waals surface area contributed by atoms with Gasteiger partial charge < -0.3 is 10.2 Å². The molecular weight excluding hydrogens is 280 g/mol. The summed E-state index contributed by atoms with van der Waals surface area (Å²) in [6.07, 6.45) is 5.76. The molecule has 1 fully saturated rings. The van der Waals surface area contributed by atoms with E-state index in [0.29, 0.717) is 12.8 Å². The quantitative estimate of drug-likeness (QED) is 0.695. The Bertz CT molecular complexity index is 383. The smallest absolute Gasteiger partial charge is 0.310 e. The highest BCUT2D eigenvalue weighted by atomic mass is 16.4. The molecule has 0 aliphatic heterocycles. The lowest BCUT2D eigenvalue weighted by Gasteiger charge is -2.44. The van der Waals surface area contributed by atoms with Crippen molar-refractivity contribution in [1.82, 2.24) is 0 Å². The Balaban J connectivity index is 3.30. The maximum Gasteiger partial charge on any atom is 0.310 e. The zero-order valence-corrected chi connectivity index (χ0v) is 14.5. The Morgan fingerprint density at radius 2 is 1.55 bits per heavy atom. The van der Waals surface area contributed by atoms with Crippen molar-refractivity contribution in [3.8, 4) is 0 Å². The molecule has 128 valence electrons. The molecule has 2 atom stereocenters. The summed E-state index contributed by atoms with van der Waals surface area (Å²) in [5.41, 5.74) is -1.12. The summed E-state index contributed by atoms with van der Waals surface area (Å²) in [6, 6.07) is 0. The highest BCUT2D eigenvalue weighted by Gasteiger charge is 2.54. The highest BCUT2D eigenvalue weighted by Crippen LogP contribution is 2.50. The van der Waals surface area contributed by atoms with Gasteiger partial charge in [-0.05, 0) is 43.4 Å². The number of carbonyl (C=O) groups is 2. The molecule has 1 aliphatic carbocycles. The summed E-state index contributed by atoms with van der Waals surface area (Å²) in [5, 5.41) is 19.9. The Kier molecular flexibility index (Phi) is 6.89. The minimum atomic E-state index is -1.12. The van der Waals surface area contributed by atoms with Crippen LogP contribution in [-0.4, -0.2) is 22.2 Å². The van der Waals surface area contributed by atoms with Gasteiger partial charge in [-0.3, -0.25) is 9.59 Å². The highest BCUT2D eigenvalue weighted by molar-refractivity contribution is 5.84. The van der Waals surface area contributed by atoms with Crippen LogP contribution in [0.25, 0.3) is 0 Å². The van der Waals surface area contributed by atoms with Gasteiger partial charge in [0.2, 0.25) is 0 Å². The van der Waals surface area contributed by atoms with Crippen molar-refractivity contribution >= 4 is 11.9 Å². The molecule has 0 radical (unpaired) electrons. The van der Waals surface area contributed by atoms with Crippen LogP contribution in [0.2, 0.25) is 0 Å². The van der Waals surface area contributed by atoms with E-state index in [1.54, 1.807) is 0 Å². The molecule has 2 unspecified atom stereocenters. The van der Waals surface area contributed by atoms with E-state index in [4.69, 9.17) is 0 Å². The third-order valence-corrected chi connectivity index (χ3v) is 5.10. The molecule has 2 N–H and O–H groups in total. The van der Waals surface area contributed by atoms with Gasteiger partial charge in [0.25, 0.3) is 0 Å². The molecule has 0 aromatic carbocycles. The minimum absolute atomic E-state index is 0.0130. The van der Waals surface area contributed by atoms with E-state index in [9.17, 15) is 19.8 Å². The molecule has 4 nitrogen and oxygen atoms in total. The number of rotatable bonds is 8. The predicted octanol–water partition coefficient (Wildman–Crippen LogP) is 4.43. The van der Waals surface area contributed by atoms with Crippen LogP contribution in [0.1, 0.15) is 72.6 Å². The summed E-state index contributed by atoms with van der Waals surface area (Å²) < 4.78 is 0. The maximum absolute atomic E-state index is 12.3. The third kappa shape index (κ3) is 4.23. The van der Waals surface area contributed by atoms with Crippen LogP contribution in [0, 0.1) is 29.1 Å². The van der Waals surface area contributed by atoms with Crippen LogP contribution in [0.3, 0.4) is 0 Å². The average Bonchev–Trinajstić information content (AvgIpc) is 2.42. The Morgan fingerprint density at radius 1 is 1.00 bits per heavy atom. The summed E-state index contributed by atoms with van der Waals surface area (Å²) in [4.78, 5) is 24.3. The summed E-state index contributed by atoms with van der Waals surface area (Å²) in [7, 11) is 0. The van der Waals surface area contributed by atoms with E-state index in [1.807, 2.05) is 27.7 Å². The van der Waals surface area contributed by atoms with Gasteiger partial charge in [-0.2, -0.15) is 0 Å². The molecule has 0 amide bonds. The van der Waals surface area contributed by atoms with Crippen molar-refractivity contribution in [3.05, 3.63) is 0 Å². The second-order valence-corrected chi connectivity index (χ2v) is 7.80. The molecule has 0 heterocycles. The number of carboxylic acids is 2. The van der Waals surface area contributed by atoms with E-state index >= 15 is 0 Å². The van der Waals surface area contributed by atoms with E-state index in [1.165, 1.54) is 0 Å². The standard InChI is InChI=1S/C18H32O4/c1-12(2)10-15(16(19)20)18(17(21)22,11-13(3)4)14-8-6-5-7-9-14/h12-15H,5-11H2,1-4H3,(H,19,20)(H,21,22). The van der Waals surface area contributed by atoms with E-state index in [0.717, 1.165) is 32.1 Å². The van der Waals surface area contributed by atoms with E-state index in [-0.39, 0.29) is 17.8 Å². The second-order valence-electron chi connectivity index (χ2n) is 7.80. The first-order valence-electron chi connectivity index (χ1n) is 8.68. The zero-order valence-electron chi connectivity index (χ0n) is 14.5. The molecule has 1 saturated carbocycles. The van der Waals surface area contributed by atoms with Gasteiger partial charge in [-0.25, -0.2) is 0 Å². The SMILES string of the molecule is CC(C)CC(C(=O)O)C(CC(C)C)(C(=O)O)C1CCCCC1. The Hall–Kier alpha value is -1.06. The fourth-order valence-corrected chi connectivity index (χ4v) is 4.30. The van der Waals surface area contributed by atoms with E-state index in [2.05, 4.69) is 0 Å². The fourth-order valence-electron chi connectivity index (χ4n) is 4.30. The Morgan fingerprint density at radius 3 is 1.91 bits per heavy atom. The molecule has 0 saturated heterocycles. The maximum atomic E-state index is 12.3. The largest absolute Gasteiger partial charge is 0.481 e. The number of carboxylic acid groups (broad SMARTS) is 2. The van der Waals surface area contributed by atoms with Gasteiger partial charge >= 0.3 is 11.9 Å². The third-order valence-electron chi connectivity index (χ3n) is 5.10. The number of hydrogen-bond donors (Lipinski definition) is 2. The van der Waals surface area contributed by atoms with Crippen LogP contribution in [0.4, 0.5) is 0 Å².